The molecule has 162 valence electrons. The smallest absolute Gasteiger partial charge is 0.297 e. The molecule has 2 aromatic heterocycles. The van der Waals surface area contributed by atoms with Gasteiger partial charge < -0.3 is 9.15 Å². The summed E-state index contributed by atoms with van der Waals surface area (Å²) >= 11 is 4.74. The lowest BCUT2D eigenvalue weighted by molar-refractivity contribution is 0.0970. The Hall–Kier alpha value is -3.04. The number of aryl methyl sites for hydroxylation is 1. The van der Waals surface area contributed by atoms with Crippen LogP contribution in [0, 0.1) is 0 Å². The van der Waals surface area contributed by atoms with Crippen LogP contribution in [0.2, 0.25) is 0 Å². The molecule has 1 aliphatic rings. The molecule has 0 aliphatic carbocycles. The van der Waals surface area contributed by atoms with Crippen molar-refractivity contribution in [2.75, 3.05) is 11.5 Å². The number of ether oxygens (including phenoxy) is 1. The van der Waals surface area contributed by atoms with Gasteiger partial charge in [-0.15, -0.1) is 10.2 Å². The first kappa shape index (κ1) is 20.8. The van der Waals surface area contributed by atoms with E-state index in [9.17, 15) is 9.59 Å². The molecule has 0 radical (unpaired) electrons. The van der Waals surface area contributed by atoms with Crippen molar-refractivity contribution in [3.8, 4) is 5.75 Å². The number of benzene rings is 2. The predicted octanol–water partition coefficient (Wildman–Crippen LogP) is 5.12. The minimum absolute atomic E-state index is 0.0323. The maximum Gasteiger partial charge on any atom is 0.297 e. The largest absolute Gasteiger partial charge is 0.494 e. The van der Waals surface area contributed by atoms with Gasteiger partial charge in [-0.2, -0.15) is 0 Å². The van der Waals surface area contributed by atoms with Gasteiger partial charge in [0.1, 0.15) is 16.3 Å². The number of hydrogen-bond acceptors (Lipinski definition) is 7. The lowest BCUT2D eigenvalue weighted by Crippen LogP contribution is -2.29. The molecule has 2 aromatic carbocycles. The zero-order valence-corrected chi connectivity index (χ0v) is 19.7. The number of carbonyl (C=O) groups excluding carboxylic acids is 1. The van der Waals surface area contributed by atoms with Crippen molar-refractivity contribution in [1.29, 1.82) is 0 Å². The monoisotopic (exact) mass is 511 g/mol. The summed E-state index contributed by atoms with van der Waals surface area (Å²) in [6.45, 7) is 4.38. The Bertz CT molecular complexity index is 1410. The normalized spacial score (nSPS) is 15.4. The zero-order chi connectivity index (χ0) is 22.4. The van der Waals surface area contributed by atoms with Gasteiger partial charge in [0.2, 0.25) is 10.9 Å². The molecule has 0 N–H and O–H groups in total. The molecule has 0 spiro atoms. The SMILES string of the molecule is CCOc1cccc(C2c3c(oc4ccc(Br)cc4c3=O)C(=O)N2c2nnc(CC)s2)c1. The number of hydrogen-bond donors (Lipinski definition) is 0. The Balaban J connectivity index is 1.78. The molecule has 1 unspecified atom stereocenters. The van der Waals surface area contributed by atoms with Crippen molar-refractivity contribution >= 4 is 49.3 Å². The van der Waals surface area contributed by atoms with Crippen LogP contribution in [0.1, 0.15) is 46.6 Å². The fourth-order valence-corrected chi connectivity index (χ4v) is 5.05. The number of rotatable bonds is 5. The van der Waals surface area contributed by atoms with E-state index in [2.05, 4.69) is 26.1 Å². The summed E-state index contributed by atoms with van der Waals surface area (Å²) in [5, 5.41) is 10.1. The average Bonchev–Trinajstić information content (AvgIpc) is 3.37. The summed E-state index contributed by atoms with van der Waals surface area (Å²) in [6.07, 6.45) is 0.701. The first-order valence-electron chi connectivity index (χ1n) is 10.2. The summed E-state index contributed by atoms with van der Waals surface area (Å²) in [5.74, 6) is 0.280. The van der Waals surface area contributed by atoms with Gasteiger partial charge in [0, 0.05) is 4.47 Å². The zero-order valence-electron chi connectivity index (χ0n) is 17.3. The third-order valence-corrected chi connectivity index (χ3v) is 6.84. The number of amides is 1. The molecule has 7 nitrogen and oxygen atoms in total. The topological polar surface area (TPSA) is 85.5 Å². The van der Waals surface area contributed by atoms with Crippen LogP contribution in [0.5, 0.6) is 5.75 Å². The van der Waals surface area contributed by atoms with Crippen LogP contribution >= 0.6 is 27.3 Å². The number of halogens is 1. The second-order valence-electron chi connectivity index (χ2n) is 7.23. The molecule has 1 atom stereocenters. The highest BCUT2D eigenvalue weighted by Gasteiger charge is 2.45. The summed E-state index contributed by atoms with van der Waals surface area (Å²) in [4.78, 5) is 28.7. The molecular formula is C23H18BrN3O4S. The average molecular weight is 512 g/mol. The quantitative estimate of drug-likeness (QED) is 0.369. The van der Waals surface area contributed by atoms with Crippen molar-refractivity contribution in [3.05, 3.63) is 79.1 Å². The van der Waals surface area contributed by atoms with Crippen LogP contribution in [0.4, 0.5) is 5.13 Å². The van der Waals surface area contributed by atoms with Crippen molar-refractivity contribution in [3.63, 3.8) is 0 Å². The van der Waals surface area contributed by atoms with Gasteiger partial charge in [0.15, 0.2) is 5.43 Å². The summed E-state index contributed by atoms with van der Waals surface area (Å²) in [6, 6.07) is 11.9. The number of fused-ring (bicyclic) bond motifs is 2. The maximum absolute atomic E-state index is 13.6. The molecule has 4 aromatic rings. The van der Waals surface area contributed by atoms with E-state index in [1.54, 1.807) is 18.2 Å². The van der Waals surface area contributed by atoms with Gasteiger partial charge >= 0.3 is 0 Å². The van der Waals surface area contributed by atoms with Crippen molar-refractivity contribution in [1.82, 2.24) is 10.2 Å². The molecule has 3 heterocycles. The molecule has 5 rings (SSSR count). The minimum Gasteiger partial charge on any atom is -0.494 e. The Morgan fingerprint density at radius 1 is 1.16 bits per heavy atom. The summed E-state index contributed by atoms with van der Waals surface area (Å²) < 4.78 is 12.4. The van der Waals surface area contributed by atoms with Crippen molar-refractivity contribution in [2.24, 2.45) is 0 Å². The van der Waals surface area contributed by atoms with Crippen LogP contribution in [-0.4, -0.2) is 22.7 Å². The van der Waals surface area contributed by atoms with E-state index in [1.165, 1.54) is 16.2 Å². The molecule has 9 heteroatoms. The van der Waals surface area contributed by atoms with E-state index in [0.29, 0.717) is 40.4 Å². The van der Waals surface area contributed by atoms with Gasteiger partial charge in [-0.25, -0.2) is 0 Å². The Morgan fingerprint density at radius 2 is 2.00 bits per heavy atom. The van der Waals surface area contributed by atoms with E-state index in [1.807, 2.05) is 38.1 Å². The number of carbonyl (C=O) groups is 1. The fraction of sp³-hybridized carbons (Fsp3) is 0.217. The maximum atomic E-state index is 13.6. The highest BCUT2D eigenvalue weighted by molar-refractivity contribution is 9.10. The Labute approximate surface area is 195 Å². The van der Waals surface area contributed by atoms with Crippen LogP contribution in [0.25, 0.3) is 11.0 Å². The molecule has 32 heavy (non-hydrogen) atoms. The summed E-state index contributed by atoms with van der Waals surface area (Å²) in [7, 11) is 0. The van der Waals surface area contributed by atoms with Gasteiger partial charge in [-0.05, 0) is 49.2 Å². The standard InChI is InChI=1S/C23H18BrN3O4S/c1-3-17-25-26-23(32-17)27-19(12-6-5-7-14(10-12)30-4-2)18-20(28)15-11-13(24)8-9-16(15)31-21(18)22(27)29/h5-11,19H,3-4H2,1-2H3. The van der Waals surface area contributed by atoms with E-state index in [-0.39, 0.29) is 11.2 Å². The molecular weight excluding hydrogens is 494 g/mol. The fourth-order valence-electron chi connectivity index (χ4n) is 3.88. The molecule has 0 bridgehead atoms. The van der Waals surface area contributed by atoms with E-state index >= 15 is 0 Å². The van der Waals surface area contributed by atoms with Gasteiger partial charge in [0.25, 0.3) is 5.91 Å². The first-order chi connectivity index (χ1) is 15.5. The second kappa shape index (κ2) is 8.14. The van der Waals surface area contributed by atoms with E-state index < -0.39 is 11.9 Å². The second-order valence-corrected chi connectivity index (χ2v) is 9.19. The Morgan fingerprint density at radius 3 is 2.75 bits per heavy atom. The van der Waals surface area contributed by atoms with Crippen LogP contribution in [-0.2, 0) is 6.42 Å². The van der Waals surface area contributed by atoms with Gasteiger partial charge in [-0.1, -0.05) is 46.3 Å². The van der Waals surface area contributed by atoms with E-state index in [0.717, 1.165) is 15.0 Å². The highest BCUT2D eigenvalue weighted by Crippen LogP contribution is 2.42. The molecule has 0 saturated heterocycles. The minimum atomic E-state index is -0.699. The lowest BCUT2D eigenvalue weighted by Gasteiger charge is -2.22. The van der Waals surface area contributed by atoms with Gasteiger partial charge in [-0.3, -0.25) is 14.5 Å². The lowest BCUT2D eigenvalue weighted by atomic mass is 9.98. The molecule has 1 amide bonds. The molecule has 0 saturated carbocycles. The van der Waals surface area contributed by atoms with Crippen LogP contribution in [0.15, 0.2) is 56.1 Å². The number of aromatic nitrogens is 2. The molecule has 1 aliphatic heterocycles. The summed E-state index contributed by atoms with van der Waals surface area (Å²) in [5.41, 5.74) is 1.14. The number of nitrogens with zero attached hydrogens (tertiary/aromatic N) is 3. The molecule has 0 fully saturated rings. The van der Waals surface area contributed by atoms with E-state index in [4.69, 9.17) is 9.15 Å². The first-order valence-corrected chi connectivity index (χ1v) is 11.8. The predicted molar refractivity (Wildman–Crippen MR) is 126 cm³/mol. The van der Waals surface area contributed by atoms with Crippen molar-refractivity contribution in [2.45, 2.75) is 26.3 Å². The third kappa shape index (κ3) is 3.32. The van der Waals surface area contributed by atoms with Crippen molar-refractivity contribution < 1.29 is 13.9 Å². The van der Waals surface area contributed by atoms with Gasteiger partial charge in [0.05, 0.1) is 23.6 Å². The third-order valence-electron chi connectivity index (χ3n) is 5.28. The highest BCUT2D eigenvalue weighted by atomic mass is 79.9. The Kier molecular flexibility index (Phi) is 5.30. The van der Waals surface area contributed by atoms with Crippen LogP contribution in [0.3, 0.4) is 0 Å². The number of anilines is 1. The van der Waals surface area contributed by atoms with Crippen LogP contribution < -0.4 is 15.1 Å².